The van der Waals surface area contributed by atoms with Crippen LogP contribution in [0.1, 0.15) is 5.56 Å². The molecule has 0 saturated carbocycles. The Hall–Kier alpha value is -2.50. The summed E-state index contributed by atoms with van der Waals surface area (Å²) < 4.78 is 41.6. The first-order chi connectivity index (χ1) is 9.50. The molecule has 20 heavy (non-hydrogen) atoms. The van der Waals surface area contributed by atoms with E-state index in [1.54, 1.807) is 25.1 Å². The molecule has 0 atom stereocenters. The van der Waals surface area contributed by atoms with E-state index in [9.17, 15) is 13.2 Å². The first-order valence-electron chi connectivity index (χ1n) is 5.88. The van der Waals surface area contributed by atoms with Crippen molar-refractivity contribution in [2.75, 3.05) is 5.73 Å². The fourth-order valence-corrected chi connectivity index (χ4v) is 2.24. The van der Waals surface area contributed by atoms with Crippen LogP contribution in [0.25, 0.3) is 16.7 Å². The van der Waals surface area contributed by atoms with Gasteiger partial charge in [0, 0.05) is 0 Å². The Kier molecular flexibility index (Phi) is 2.67. The molecule has 0 bridgehead atoms. The van der Waals surface area contributed by atoms with Crippen LogP contribution in [0, 0.1) is 24.4 Å². The van der Waals surface area contributed by atoms with Crippen LogP contribution in [0.15, 0.2) is 30.3 Å². The van der Waals surface area contributed by atoms with E-state index in [0.717, 1.165) is 17.7 Å². The van der Waals surface area contributed by atoms with Crippen LogP contribution in [0.3, 0.4) is 0 Å². The second kappa shape index (κ2) is 4.26. The molecule has 3 nitrogen and oxygen atoms in total. The molecule has 0 spiro atoms. The third-order valence-corrected chi connectivity index (χ3v) is 3.16. The molecule has 6 heteroatoms. The number of benzene rings is 2. The highest BCUT2D eigenvalue weighted by Crippen LogP contribution is 2.28. The predicted octanol–water partition coefficient (Wildman–Crippen LogP) is 3.33. The summed E-state index contributed by atoms with van der Waals surface area (Å²) in [5.74, 6) is -4.05. The molecule has 1 heterocycles. The molecule has 0 radical (unpaired) electrons. The van der Waals surface area contributed by atoms with E-state index in [2.05, 4.69) is 4.98 Å². The minimum atomic E-state index is -1.53. The standard InChI is InChI=1S/C14H10F3N3/c1-7-3-2-4-9-13(7)20(14(18)19-9)10-6-5-8(15)11(16)12(10)17/h2-6H,1H3,(H2,18,19). The molecule has 0 unspecified atom stereocenters. The molecular formula is C14H10F3N3. The predicted molar refractivity (Wildman–Crippen MR) is 70.1 cm³/mol. The lowest BCUT2D eigenvalue weighted by Gasteiger charge is -2.10. The topological polar surface area (TPSA) is 43.8 Å². The minimum absolute atomic E-state index is 0.0132. The smallest absolute Gasteiger partial charge is 0.206 e. The lowest BCUT2D eigenvalue weighted by Crippen LogP contribution is -2.06. The highest BCUT2D eigenvalue weighted by Gasteiger charge is 2.19. The Morgan fingerprint density at radius 2 is 1.80 bits per heavy atom. The lowest BCUT2D eigenvalue weighted by atomic mass is 10.2. The van der Waals surface area contributed by atoms with Gasteiger partial charge in [-0.1, -0.05) is 12.1 Å². The average Bonchev–Trinajstić information content (AvgIpc) is 2.74. The zero-order valence-electron chi connectivity index (χ0n) is 10.5. The third-order valence-electron chi connectivity index (χ3n) is 3.16. The van der Waals surface area contributed by atoms with Gasteiger partial charge in [-0.25, -0.2) is 18.2 Å². The number of fused-ring (bicyclic) bond motifs is 1. The summed E-state index contributed by atoms with van der Waals surface area (Å²) >= 11 is 0. The number of aromatic nitrogens is 2. The van der Waals surface area contributed by atoms with Gasteiger partial charge in [-0.15, -0.1) is 0 Å². The highest BCUT2D eigenvalue weighted by atomic mass is 19.2. The molecule has 0 aliphatic rings. The molecule has 102 valence electrons. The lowest BCUT2D eigenvalue weighted by molar-refractivity contribution is 0.445. The van der Waals surface area contributed by atoms with Crippen molar-refractivity contribution in [1.29, 1.82) is 0 Å². The van der Waals surface area contributed by atoms with Crippen molar-refractivity contribution in [3.63, 3.8) is 0 Å². The number of aryl methyl sites for hydroxylation is 1. The summed E-state index contributed by atoms with van der Waals surface area (Å²) in [4.78, 5) is 4.10. The quantitative estimate of drug-likeness (QED) is 0.693. The van der Waals surface area contributed by atoms with Crippen LogP contribution in [0.2, 0.25) is 0 Å². The second-order valence-electron chi connectivity index (χ2n) is 4.44. The number of hydrogen-bond acceptors (Lipinski definition) is 2. The van der Waals surface area contributed by atoms with Gasteiger partial charge in [0.1, 0.15) is 0 Å². The Labute approximate surface area is 112 Å². The molecule has 3 rings (SSSR count). The molecule has 1 aromatic heterocycles. The van der Waals surface area contributed by atoms with Gasteiger partial charge in [0.15, 0.2) is 17.5 Å². The van der Waals surface area contributed by atoms with Crippen molar-refractivity contribution in [2.45, 2.75) is 6.92 Å². The van der Waals surface area contributed by atoms with Crippen molar-refractivity contribution >= 4 is 17.0 Å². The number of nitrogens with zero attached hydrogens (tertiary/aromatic N) is 2. The number of para-hydroxylation sites is 1. The first kappa shape index (κ1) is 12.5. The van der Waals surface area contributed by atoms with E-state index in [4.69, 9.17) is 5.73 Å². The summed E-state index contributed by atoms with van der Waals surface area (Å²) in [6.45, 7) is 1.80. The summed E-state index contributed by atoms with van der Waals surface area (Å²) in [5.41, 5.74) is 7.54. The van der Waals surface area contributed by atoms with E-state index in [1.165, 1.54) is 4.57 Å². The molecule has 0 aliphatic heterocycles. The van der Waals surface area contributed by atoms with E-state index in [-0.39, 0.29) is 11.6 Å². The summed E-state index contributed by atoms with van der Waals surface area (Å²) in [5, 5.41) is 0. The number of halogens is 3. The number of hydrogen-bond donors (Lipinski definition) is 1. The van der Waals surface area contributed by atoms with Crippen molar-refractivity contribution in [3.05, 3.63) is 53.3 Å². The van der Waals surface area contributed by atoms with Gasteiger partial charge >= 0.3 is 0 Å². The number of nitrogens with two attached hydrogens (primary N) is 1. The fraction of sp³-hybridized carbons (Fsp3) is 0.0714. The van der Waals surface area contributed by atoms with Crippen LogP contribution in [-0.2, 0) is 0 Å². The van der Waals surface area contributed by atoms with E-state index >= 15 is 0 Å². The minimum Gasteiger partial charge on any atom is -0.369 e. The zero-order valence-corrected chi connectivity index (χ0v) is 10.5. The van der Waals surface area contributed by atoms with Crippen LogP contribution < -0.4 is 5.73 Å². The Balaban J connectivity index is 2.41. The van der Waals surface area contributed by atoms with Gasteiger partial charge in [-0.2, -0.15) is 0 Å². The average molecular weight is 277 g/mol. The van der Waals surface area contributed by atoms with Crippen LogP contribution in [0.5, 0.6) is 0 Å². The van der Waals surface area contributed by atoms with Gasteiger partial charge < -0.3 is 5.73 Å². The molecule has 0 saturated heterocycles. The van der Waals surface area contributed by atoms with Gasteiger partial charge in [-0.05, 0) is 30.7 Å². The van der Waals surface area contributed by atoms with E-state index in [1.807, 2.05) is 0 Å². The molecule has 0 fully saturated rings. The van der Waals surface area contributed by atoms with Gasteiger partial charge in [0.2, 0.25) is 5.95 Å². The fourth-order valence-electron chi connectivity index (χ4n) is 2.24. The highest BCUT2D eigenvalue weighted by molar-refractivity contribution is 5.83. The summed E-state index contributed by atoms with van der Waals surface area (Å²) in [7, 11) is 0. The Morgan fingerprint density at radius 1 is 1.05 bits per heavy atom. The number of nitrogen functional groups attached to an aromatic ring is 1. The SMILES string of the molecule is Cc1cccc2nc(N)n(-c3ccc(F)c(F)c3F)c12. The maximum atomic E-state index is 13.9. The summed E-state index contributed by atoms with van der Waals surface area (Å²) in [6, 6.07) is 7.30. The van der Waals surface area contributed by atoms with Crippen LogP contribution >= 0.6 is 0 Å². The Morgan fingerprint density at radius 3 is 2.55 bits per heavy atom. The molecular weight excluding hydrogens is 267 g/mol. The third kappa shape index (κ3) is 1.65. The van der Waals surface area contributed by atoms with Crippen molar-refractivity contribution in [3.8, 4) is 5.69 Å². The van der Waals surface area contributed by atoms with E-state index in [0.29, 0.717) is 11.0 Å². The normalized spacial score (nSPS) is 11.2. The van der Waals surface area contributed by atoms with Crippen molar-refractivity contribution in [2.24, 2.45) is 0 Å². The largest absolute Gasteiger partial charge is 0.369 e. The number of imidazole rings is 1. The number of rotatable bonds is 1. The van der Waals surface area contributed by atoms with Crippen LogP contribution in [-0.4, -0.2) is 9.55 Å². The first-order valence-corrected chi connectivity index (χ1v) is 5.88. The van der Waals surface area contributed by atoms with Gasteiger partial charge in [-0.3, -0.25) is 4.57 Å². The van der Waals surface area contributed by atoms with Crippen molar-refractivity contribution < 1.29 is 13.2 Å². The molecule has 3 aromatic rings. The van der Waals surface area contributed by atoms with Gasteiger partial charge in [0.25, 0.3) is 0 Å². The summed E-state index contributed by atoms with van der Waals surface area (Å²) in [6.07, 6.45) is 0. The Bertz CT molecular complexity index is 824. The molecule has 0 aliphatic carbocycles. The van der Waals surface area contributed by atoms with Crippen molar-refractivity contribution in [1.82, 2.24) is 9.55 Å². The maximum absolute atomic E-state index is 13.9. The molecule has 2 aromatic carbocycles. The van der Waals surface area contributed by atoms with Crippen LogP contribution in [0.4, 0.5) is 19.1 Å². The monoisotopic (exact) mass is 277 g/mol. The number of anilines is 1. The van der Waals surface area contributed by atoms with Gasteiger partial charge in [0.05, 0.1) is 16.7 Å². The maximum Gasteiger partial charge on any atom is 0.206 e. The second-order valence-corrected chi connectivity index (χ2v) is 4.44. The van der Waals surface area contributed by atoms with E-state index < -0.39 is 17.5 Å². The molecule has 2 N–H and O–H groups in total. The zero-order chi connectivity index (χ0) is 14.4. The molecule has 0 amide bonds.